The van der Waals surface area contributed by atoms with E-state index in [9.17, 15) is 10.1 Å². The minimum absolute atomic E-state index is 0.0255. The quantitative estimate of drug-likeness (QED) is 0.575. The number of rotatable bonds is 2. The third-order valence-electron chi connectivity index (χ3n) is 3.48. The Morgan fingerprint density at radius 2 is 1.83 bits per heavy atom. The molecule has 0 radical (unpaired) electrons. The van der Waals surface area contributed by atoms with Crippen LogP contribution >= 0.6 is 0 Å². The van der Waals surface area contributed by atoms with Gasteiger partial charge in [-0.1, -0.05) is 0 Å². The van der Waals surface area contributed by atoms with Crippen LogP contribution in [0.25, 0.3) is 22.3 Å². The van der Waals surface area contributed by atoms with E-state index >= 15 is 0 Å². The van der Waals surface area contributed by atoms with Gasteiger partial charge in [-0.25, -0.2) is 14.6 Å². The Kier molecular flexibility index (Phi) is 3.24. The molecule has 0 bridgehead atoms. The van der Waals surface area contributed by atoms with E-state index in [0.717, 1.165) is 5.56 Å². The Morgan fingerprint density at radius 3 is 2.39 bits per heavy atom. The Morgan fingerprint density at radius 1 is 1.17 bits per heavy atom. The van der Waals surface area contributed by atoms with Gasteiger partial charge in [0, 0.05) is 17.7 Å². The summed E-state index contributed by atoms with van der Waals surface area (Å²) in [5.41, 5.74) is 7.73. The second-order valence-electron chi connectivity index (χ2n) is 6.19. The molecule has 0 amide bonds. The molecule has 3 aromatic rings. The molecule has 8 heteroatoms. The number of aromatic nitrogens is 4. The van der Waals surface area contributed by atoms with Gasteiger partial charge in [-0.15, -0.1) is 0 Å². The van der Waals surface area contributed by atoms with Gasteiger partial charge in [0.2, 0.25) is 0 Å². The summed E-state index contributed by atoms with van der Waals surface area (Å²) in [7, 11) is 0. The third-order valence-corrected chi connectivity index (χ3v) is 3.48. The van der Waals surface area contributed by atoms with Gasteiger partial charge in [-0.3, -0.25) is 10.1 Å². The summed E-state index contributed by atoms with van der Waals surface area (Å²) in [6.07, 6.45) is 1.40. The lowest BCUT2D eigenvalue weighted by molar-refractivity contribution is -0.384. The minimum atomic E-state index is -0.437. The molecule has 23 heavy (non-hydrogen) atoms. The molecular weight excluding hydrogens is 296 g/mol. The normalized spacial score (nSPS) is 11.8. The number of non-ortho nitro benzene ring substituents is 1. The zero-order valence-corrected chi connectivity index (χ0v) is 13.0. The highest BCUT2D eigenvalue weighted by Crippen LogP contribution is 2.33. The largest absolute Gasteiger partial charge is 0.383 e. The van der Waals surface area contributed by atoms with Gasteiger partial charge in [0.05, 0.1) is 15.8 Å². The van der Waals surface area contributed by atoms with Crippen molar-refractivity contribution in [1.29, 1.82) is 0 Å². The average Bonchev–Trinajstić information content (AvgIpc) is 2.88. The van der Waals surface area contributed by atoms with Gasteiger partial charge in [-0.05, 0) is 32.9 Å². The number of hydrogen-bond donors (Lipinski definition) is 1. The van der Waals surface area contributed by atoms with E-state index in [1.54, 1.807) is 16.8 Å². The van der Waals surface area contributed by atoms with Crippen molar-refractivity contribution < 1.29 is 4.92 Å². The molecule has 1 aromatic carbocycles. The maximum atomic E-state index is 10.8. The highest BCUT2D eigenvalue weighted by atomic mass is 16.6. The van der Waals surface area contributed by atoms with Crippen molar-refractivity contribution in [3.8, 4) is 11.3 Å². The van der Waals surface area contributed by atoms with Crippen molar-refractivity contribution in [3.63, 3.8) is 0 Å². The van der Waals surface area contributed by atoms with E-state index in [2.05, 4.69) is 15.1 Å². The SMILES string of the molecule is CC(C)(C)n1nc(-c2ccc([N+](=O)[O-])cc2)c2c(N)ncnc21. The van der Waals surface area contributed by atoms with E-state index in [1.807, 2.05) is 20.8 Å². The predicted octanol–water partition coefficient (Wildman–Crippen LogP) is 2.74. The molecule has 0 saturated carbocycles. The zero-order valence-electron chi connectivity index (χ0n) is 13.0. The fraction of sp³-hybridized carbons (Fsp3) is 0.267. The van der Waals surface area contributed by atoms with Crippen LogP contribution < -0.4 is 5.73 Å². The lowest BCUT2D eigenvalue weighted by atomic mass is 10.1. The van der Waals surface area contributed by atoms with Crippen LogP contribution in [-0.2, 0) is 5.54 Å². The maximum absolute atomic E-state index is 10.8. The van der Waals surface area contributed by atoms with E-state index < -0.39 is 4.92 Å². The van der Waals surface area contributed by atoms with Gasteiger partial charge >= 0.3 is 0 Å². The van der Waals surface area contributed by atoms with Crippen LogP contribution in [0.3, 0.4) is 0 Å². The van der Waals surface area contributed by atoms with Crippen LogP contribution in [0.4, 0.5) is 11.5 Å². The predicted molar refractivity (Wildman–Crippen MR) is 86.8 cm³/mol. The molecule has 0 fully saturated rings. The molecule has 3 rings (SSSR count). The Bertz CT molecular complexity index is 893. The number of nitrogen functional groups attached to an aromatic ring is 1. The molecule has 0 aliphatic heterocycles. The summed E-state index contributed by atoms with van der Waals surface area (Å²) in [6, 6.07) is 6.19. The number of anilines is 1. The van der Waals surface area contributed by atoms with Gasteiger partial charge in [0.1, 0.15) is 17.8 Å². The zero-order chi connectivity index (χ0) is 16.8. The molecule has 0 aliphatic rings. The third kappa shape index (κ3) is 2.48. The van der Waals surface area contributed by atoms with Crippen LogP contribution in [0.5, 0.6) is 0 Å². The van der Waals surface area contributed by atoms with Crippen LogP contribution in [0.2, 0.25) is 0 Å². The van der Waals surface area contributed by atoms with Crippen molar-refractivity contribution in [2.45, 2.75) is 26.3 Å². The van der Waals surface area contributed by atoms with E-state index in [1.165, 1.54) is 18.5 Å². The summed E-state index contributed by atoms with van der Waals surface area (Å²) in [4.78, 5) is 18.7. The first-order valence-corrected chi connectivity index (χ1v) is 7.03. The summed E-state index contributed by atoms with van der Waals surface area (Å²) in [6.45, 7) is 6.03. The molecule has 0 saturated heterocycles. The van der Waals surface area contributed by atoms with Crippen molar-refractivity contribution in [3.05, 3.63) is 40.7 Å². The van der Waals surface area contributed by atoms with E-state index in [0.29, 0.717) is 22.5 Å². The molecule has 2 N–H and O–H groups in total. The Hall–Kier alpha value is -3.03. The standard InChI is InChI=1S/C15H16N6O2/c1-15(2,3)20-14-11(13(16)17-8-18-14)12(19-20)9-4-6-10(7-5-9)21(22)23/h4-8H,1-3H3,(H2,16,17,18). The number of hydrogen-bond acceptors (Lipinski definition) is 6. The smallest absolute Gasteiger partial charge is 0.269 e. The van der Waals surface area contributed by atoms with Crippen molar-refractivity contribution in [2.75, 3.05) is 5.73 Å². The van der Waals surface area contributed by atoms with Crippen LogP contribution in [0, 0.1) is 10.1 Å². The monoisotopic (exact) mass is 312 g/mol. The molecule has 8 nitrogen and oxygen atoms in total. The first kappa shape index (κ1) is 14.9. The number of benzene rings is 1. The molecule has 2 heterocycles. The summed E-state index contributed by atoms with van der Waals surface area (Å²) < 4.78 is 1.79. The fourth-order valence-electron chi connectivity index (χ4n) is 2.39. The van der Waals surface area contributed by atoms with Gasteiger partial charge in [-0.2, -0.15) is 5.10 Å². The highest BCUT2D eigenvalue weighted by Gasteiger charge is 2.24. The van der Waals surface area contributed by atoms with Crippen LogP contribution in [0.15, 0.2) is 30.6 Å². The first-order chi connectivity index (χ1) is 10.8. The highest BCUT2D eigenvalue weighted by molar-refractivity contribution is 5.98. The summed E-state index contributed by atoms with van der Waals surface area (Å²) in [5.74, 6) is 0.332. The average molecular weight is 312 g/mol. The number of nitro benzene ring substituents is 1. The van der Waals surface area contributed by atoms with Gasteiger partial charge in [0.25, 0.3) is 5.69 Å². The van der Waals surface area contributed by atoms with Gasteiger partial charge < -0.3 is 5.73 Å². The van der Waals surface area contributed by atoms with Gasteiger partial charge in [0.15, 0.2) is 5.65 Å². The molecule has 0 spiro atoms. The molecule has 0 unspecified atom stereocenters. The van der Waals surface area contributed by atoms with E-state index in [4.69, 9.17) is 5.73 Å². The number of nitrogens with two attached hydrogens (primary N) is 1. The second kappa shape index (κ2) is 5.01. The molecule has 0 atom stereocenters. The Balaban J connectivity index is 2.27. The molecular formula is C15H16N6O2. The summed E-state index contributed by atoms with van der Waals surface area (Å²) in [5, 5.41) is 16.1. The lowest BCUT2D eigenvalue weighted by Crippen LogP contribution is -2.23. The van der Waals surface area contributed by atoms with Crippen molar-refractivity contribution >= 4 is 22.5 Å². The fourth-order valence-corrected chi connectivity index (χ4v) is 2.39. The first-order valence-electron chi connectivity index (χ1n) is 7.03. The number of nitrogens with zero attached hydrogens (tertiary/aromatic N) is 5. The van der Waals surface area contributed by atoms with Crippen LogP contribution in [0.1, 0.15) is 20.8 Å². The van der Waals surface area contributed by atoms with Crippen molar-refractivity contribution in [2.24, 2.45) is 0 Å². The van der Waals surface area contributed by atoms with Crippen molar-refractivity contribution in [1.82, 2.24) is 19.7 Å². The minimum Gasteiger partial charge on any atom is -0.383 e. The van der Waals surface area contributed by atoms with E-state index in [-0.39, 0.29) is 11.2 Å². The number of nitro groups is 1. The second-order valence-corrected chi connectivity index (χ2v) is 6.19. The Labute approximate surface area is 132 Å². The number of fused-ring (bicyclic) bond motifs is 1. The molecule has 118 valence electrons. The molecule has 0 aliphatic carbocycles. The topological polar surface area (TPSA) is 113 Å². The lowest BCUT2D eigenvalue weighted by Gasteiger charge is -2.19. The summed E-state index contributed by atoms with van der Waals surface area (Å²) >= 11 is 0. The molecule has 2 aromatic heterocycles. The van der Waals surface area contributed by atoms with Crippen LogP contribution in [-0.4, -0.2) is 24.7 Å². The maximum Gasteiger partial charge on any atom is 0.269 e.